The van der Waals surface area contributed by atoms with E-state index in [1.807, 2.05) is 0 Å². The number of aryl methyl sites for hydroxylation is 1. The van der Waals surface area contributed by atoms with Gasteiger partial charge in [0, 0.05) is 11.8 Å². The first-order valence-corrected chi connectivity index (χ1v) is 4.73. The topological polar surface area (TPSA) is 106 Å². The zero-order valence-corrected chi connectivity index (χ0v) is 8.19. The van der Waals surface area contributed by atoms with Crippen LogP contribution in [0.2, 0.25) is 0 Å². The van der Waals surface area contributed by atoms with E-state index in [2.05, 4.69) is 9.97 Å². The lowest BCUT2D eigenvalue weighted by Crippen LogP contribution is -2.24. The number of nitrogens with one attached hydrogen (secondary N) is 2. The molecule has 1 aromatic heterocycles. The van der Waals surface area contributed by atoms with Crippen molar-refractivity contribution in [2.24, 2.45) is 0 Å². The molecule has 0 spiro atoms. The summed E-state index contributed by atoms with van der Waals surface area (Å²) in [6.07, 6.45) is 2.09. The van der Waals surface area contributed by atoms with Crippen LogP contribution in [0.15, 0.2) is 15.8 Å². The Labute approximate surface area is 85.6 Å². The molecular formula is C9H14N2O4. The zero-order valence-electron chi connectivity index (χ0n) is 8.19. The molecule has 1 aromatic rings. The number of aromatic amines is 2. The van der Waals surface area contributed by atoms with Gasteiger partial charge in [-0.25, -0.2) is 4.79 Å². The average Bonchev–Trinajstić information content (AvgIpc) is 2.21. The van der Waals surface area contributed by atoms with Crippen molar-refractivity contribution in [2.45, 2.75) is 25.4 Å². The van der Waals surface area contributed by atoms with Crippen LogP contribution in [0.1, 0.15) is 18.4 Å². The van der Waals surface area contributed by atoms with E-state index in [9.17, 15) is 9.59 Å². The molecule has 6 heteroatoms. The molecule has 84 valence electrons. The first kappa shape index (κ1) is 11.7. The van der Waals surface area contributed by atoms with Crippen LogP contribution in [-0.4, -0.2) is 32.9 Å². The molecule has 0 aliphatic heterocycles. The fourth-order valence-corrected chi connectivity index (χ4v) is 1.24. The SMILES string of the molecule is O=c1[nH]cc(CCC[C@H](O)CO)c(=O)[nH]1. The maximum Gasteiger partial charge on any atom is 0.325 e. The van der Waals surface area contributed by atoms with Crippen LogP contribution in [0.5, 0.6) is 0 Å². The van der Waals surface area contributed by atoms with Crippen LogP contribution in [-0.2, 0) is 6.42 Å². The van der Waals surface area contributed by atoms with Gasteiger partial charge in [-0.05, 0) is 19.3 Å². The van der Waals surface area contributed by atoms with E-state index in [1.54, 1.807) is 0 Å². The van der Waals surface area contributed by atoms with Gasteiger partial charge in [-0.2, -0.15) is 0 Å². The lowest BCUT2D eigenvalue weighted by molar-refractivity contribution is 0.0867. The number of aliphatic hydroxyl groups is 2. The second kappa shape index (κ2) is 5.47. The molecule has 6 nitrogen and oxygen atoms in total. The minimum atomic E-state index is -0.744. The number of hydrogen-bond donors (Lipinski definition) is 4. The molecule has 1 heterocycles. The fourth-order valence-electron chi connectivity index (χ4n) is 1.24. The van der Waals surface area contributed by atoms with Crippen molar-refractivity contribution in [2.75, 3.05) is 6.61 Å². The molecule has 0 bridgehead atoms. The van der Waals surface area contributed by atoms with Crippen molar-refractivity contribution in [3.63, 3.8) is 0 Å². The van der Waals surface area contributed by atoms with Crippen molar-refractivity contribution < 1.29 is 10.2 Å². The van der Waals surface area contributed by atoms with E-state index in [4.69, 9.17) is 10.2 Å². The van der Waals surface area contributed by atoms with Crippen molar-refractivity contribution in [1.29, 1.82) is 0 Å². The average molecular weight is 214 g/mol. The Morgan fingerprint density at radius 2 is 2.13 bits per heavy atom. The molecule has 0 aliphatic carbocycles. The Kier molecular flexibility index (Phi) is 4.26. The smallest absolute Gasteiger partial charge is 0.325 e. The summed E-state index contributed by atoms with van der Waals surface area (Å²) in [6, 6.07) is 0. The highest BCUT2D eigenvalue weighted by Gasteiger charge is 2.04. The van der Waals surface area contributed by atoms with Crippen LogP contribution < -0.4 is 11.2 Å². The van der Waals surface area contributed by atoms with Gasteiger partial charge in [0.05, 0.1) is 12.7 Å². The van der Waals surface area contributed by atoms with Crippen molar-refractivity contribution in [1.82, 2.24) is 9.97 Å². The molecule has 0 aliphatic rings. The summed E-state index contributed by atoms with van der Waals surface area (Å²) >= 11 is 0. The molecule has 0 unspecified atom stereocenters. The number of hydrogen-bond acceptors (Lipinski definition) is 4. The van der Waals surface area contributed by atoms with E-state index in [-0.39, 0.29) is 6.61 Å². The highest BCUT2D eigenvalue weighted by Crippen LogP contribution is 2.01. The summed E-state index contributed by atoms with van der Waals surface area (Å²) in [7, 11) is 0. The quantitative estimate of drug-likeness (QED) is 0.490. The summed E-state index contributed by atoms with van der Waals surface area (Å²) in [4.78, 5) is 26.4. The first-order valence-electron chi connectivity index (χ1n) is 4.73. The van der Waals surface area contributed by atoms with Crippen LogP contribution in [0.4, 0.5) is 0 Å². The molecule has 0 amide bonds. The van der Waals surface area contributed by atoms with Crippen LogP contribution in [0.25, 0.3) is 0 Å². The van der Waals surface area contributed by atoms with E-state index in [0.29, 0.717) is 24.8 Å². The molecule has 0 saturated carbocycles. The molecule has 0 fully saturated rings. The number of aliphatic hydroxyl groups excluding tert-OH is 2. The largest absolute Gasteiger partial charge is 0.394 e. The second-order valence-electron chi connectivity index (χ2n) is 3.33. The van der Waals surface area contributed by atoms with Crippen LogP contribution in [0.3, 0.4) is 0 Å². The van der Waals surface area contributed by atoms with Gasteiger partial charge >= 0.3 is 5.69 Å². The van der Waals surface area contributed by atoms with Crippen molar-refractivity contribution >= 4 is 0 Å². The van der Waals surface area contributed by atoms with Crippen LogP contribution in [0, 0.1) is 0 Å². The lowest BCUT2D eigenvalue weighted by atomic mass is 10.1. The zero-order chi connectivity index (χ0) is 11.3. The number of H-pyrrole nitrogens is 2. The minimum absolute atomic E-state index is 0.276. The standard InChI is InChI=1S/C9H14N2O4/c12-5-7(13)3-1-2-6-4-10-9(15)11-8(6)14/h4,7,12-13H,1-3,5H2,(H2,10,11,14,15)/t7-/m0/s1. The van der Waals surface area contributed by atoms with Gasteiger partial charge < -0.3 is 15.2 Å². The Hall–Kier alpha value is -1.40. The summed E-state index contributed by atoms with van der Waals surface area (Å²) < 4.78 is 0. The van der Waals surface area contributed by atoms with Crippen molar-refractivity contribution in [3.05, 3.63) is 32.6 Å². The Morgan fingerprint density at radius 3 is 2.73 bits per heavy atom. The second-order valence-corrected chi connectivity index (χ2v) is 3.33. The Morgan fingerprint density at radius 1 is 1.40 bits per heavy atom. The third kappa shape index (κ3) is 3.69. The first-order chi connectivity index (χ1) is 7.13. The lowest BCUT2D eigenvalue weighted by Gasteiger charge is -2.05. The Bertz CT molecular complexity index is 409. The van der Waals surface area contributed by atoms with Gasteiger partial charge in [-0.1, -0.05) is 0 Å². The third-order valence-corrected chi connectivity index (χ3v) is 2.09. The maximum atomic E-state index is 11.2. The molecule has 1 atom stereocenters. The van der Waals surface area contributed by atoms with E-state index >= 15 is 0 Å². The molecule has 0 aromatic carbocycles. The van der Waals surface area contributed by atoms with Gasteiger partial charge in [-0.15, -0.1) is 0 Å². The summed E-state index contributed by atoms with van der Waals surface area (Å²) in [5.41, 5.74) is -0.462. The summed E-state index contributed by atoms with van der Waals surface area (Å²) in [5.74, 6) is 0. The number of aromatic nitrogens is 2. The van der Waals surface area contributed by atoms with Gasteiger partial charge in [-0.3, -0.25) is 9.78 Å². The van der Waals surface area contributed by atoms with Gasteiger partial charge in [0.15, 0.2) is 0 Å². The fraction of sp³-hybridized carbons (Fsp3) is 0.556. The minimum Gasteiger partial charge on any atom is -0.394 e. The van der Waals surface area contributed by atoms with Crippen LogP contribution >= 0.6 is 0 Å². The predicted octanol–water partition coefficient (Wildman–Crippen LogP) is -1.26. The van der Waals surface area contributed by atoms with Gasteiger partial charge in [0.1, 0.15) is 0 Å². The summed E-state index contributed by atoms with van der Waals surface area (Å²) in [6.45, 7) is -0.276. The molecular weight excluding hydrogens is 200 g/mol. The highest BCUT2D eigenvalue weighted by molar-refractivity contribution is 5.02. The normalized spacial score (nSPS) is 12.7. The molecule has 1 rings (SSSR count). The van der Waals surface area contributed by atoms with Crippen molar-refractivity contribution in [3.8, 4) is 0 Å². The molecule has 0 radical (unpaired) electrons. The maximum absolute atomic E-state index is 11.2. The predicted molar refractivity (Wildman–Crippen MR) is 53.7 cm³/mol. The third-order valence-electron chi connectivity index (χ3n) is 2.09. The van der Waals surface area contributed by atoms with Gasteiger partial charge in [0.2, 0.25) is 0 Å². The van der Waals surface area contributed by atoms with E-state index in [0.717, 1.165) is 0 Å². The molecule has 4 N–H and O–H groups in total. The molecule has 0 saturated heterocycles. The van der Waals surface area contributed by atoms with Gasteiger partial charge in [0.25, 0.3) is 5.56 Å². The van der Waals surface area contributed by atoms with E-state index < -0.39 is 17.4 Å². The monoisotopic (exact) mass is 214 g/mol. The molecule has 15 heavy (non-hydrogen) atoms. The summed E-state index contributed by atoms with van der Waals surface area (Å²) in [5, 5.41) is 17.6. The Balaban J connectivity index is 2.51. The van der Waals surface area contributed by atoms with E-state index in [1.165, 1.54) is 6.20 Å². The highest BCUT2D eigenvalue weighted by atomic mass is 16.3. The number of rotatable bonds is 5.